The molecule has 0 aliphatic carbocycles. The minimum absolute atomic E-state index is 0.0631. The highest BCUT2D eigenvalue weighted by molar-refractivity contribution is 5.94. The number of amides is 1. The number of carbonyl (C=O) groups is 1. The molecule has 6 heteroatoms. The van der Waals surface area contributed by atoms with Crippen LogP contribution in [0.2, 0.25) is 0 Å². The highest BCUT2D eigenvalue weighted by Crippen LogP contribution is 2.12. The van der Waals surface area contributed by atoms with Gasteiger partial charge < -0.3 is 9.88 Å². The first-order valence-corrected chi connectivity index (χ1v) is 7.27. The molecule has 2 rings (SSSR count). The van der Waals surface area contributed by atoms with Crippen LogP contribution in [-0.4, -0.2) is 52.9 Å². The van der Waals surface area contributed by atoms with Crippen LogP contribution in [0, 0.1) is 11.3 Å². The van der Waals surface area contributed by atoms with E-state index in [-0.39, 0.29) is 17.5 Å². The van der Waals surface area contributed by atoms with E-state index in [1.807, 2.05) is 0 Å². The number of hydrogen-bond donors (Lipinski definition) is 1. The van der Waals surface area contributed by atoms with Crippen molar-refractivity contribution in [1.82, 2.24) is 14.8 Å². The fourth-order valence-corrected chi connectivity index (χ4v) is 2.60. The van der Waals surface area contributed by atoms with Gasteiger partial charge in [-0.1, -0.05) is 13.3 Å². The van der Waals surface area contributed by atoms with Crippen LogP contribution in [0.25, 0.3) is 0 Å². The van der Waals surface area contributed by atoms with Crippen LogP contribution in [0.5, 0.6) is 0 Å². The molecule has 1 atom stereocenters. The van der Waals surface area contributed by atoms with E-state index >= 15 is 0 Å². The van der Waals surface area contributed by atoms with Crippen molar-refractivity contribution in [1.29, 1.82) is 5.26 Å². The first kappa shape index (κ1) is 15.3. The van der Waals surface area contributed by atoms with Crippen molar-refractivity contribution in [3.63, 3.8) is 0 Å². The van der Waals surface area contributed by atoms with E-state index in [9.17, 15) is 14.9 Å². The Labute approximate surface area is 124 Å². The number of H-pyrrole nitrogens is 1. The van der Waals surface area contributed by atoms with Gasteiger partial charge in [0.05, 0.1) is 12.1 Å². The van der Waals surface area contributed by atoms with Gasteiger partial charge in [-0.2, -0.15) is 5.26 Å². The van der Waals surface area contributed by atoms with Gasteiger partial charge in [0.1, 0.15) is 0 Å². The van der Waals surface area contributed by atoms with Gasteiger partial charge >= 0.3 is 0 Å². The second-order valence-electron chi connectivity index (χ2n) is 5.20. The second kappa shape index (κ2) is 7.04. The maximum Gasteiger partial charge on any atom is 0.254 e. The fourth-order valence-electron chi connectivity index (χ4n) is 2.60. The van der Waals surface area contributed by atoms with Crippen LogP contribution >= 0.6 is 0 Å². The lowest BCUT2D eigenvalue weighted by Gasteiger charge is -2.36. The molecular weight excluding hydrogens is 268 g/mol. The van der Waals surface area contributed by atoms with Gasteiger partial charge in [-0.05, 0) is 12.5 Å². The maximum absolute atomic E-state index is 12.3. The maximum atomic E-state index is 12.3. The van der Waals surface area contributed by atoms with E-state index in [1.54, 1.807) is 11.0 Å². The molecule has 1 aliphatic heterocycles. The van der Waals surface area contributed by atoms with Crippen LogP contribution in [-0.2, 0) is 0 Å². The van der Waals surface area contributed by atoms with E-state index in [4.69, 9.17) is 0 Å². The molecule has 1 N–H and O–H groups in total. The Kier molecular flexibility index (Phi) is 5.12. The normalized spacial score (nSPS) is 17.2. The Hall–Kier alpha value is -2.13. The molecule has 1 saturated heterocycles. The van der Waals surface area contributed by atoms with Gasteiger partial charge in [0.25, 0.3) is 5.91 Å². The highest BCUT2D eigenvalue weighted by atomic mass is 16.2. The standard InChI is InChI=1S/C15H20N4O2/c1-2-3-13(11-16)18-6-8-19(9-7-18)15(21)12-4-5-17-14(20)10-12/h4-5,10,13H,2-3,6-9H2,1H3,(H,17,20). The summed E-state index contributed by atoms with van der Waals surface area (Å²) in [6, 6.07) is 5.21. The number of aromatic nitrogens is 1. The van der Waals surface area contributed by atoms with Crippen LogP contribution in [0.15, 0.2) is 23.1 Å². The van der Waals surface area contributed by atoms with E-state index < -0.39 is 0 Å². The van der Waals surface area contributed by atoms with E-state index in [2.05, 4.69) is 22.9 Å². The number of piperazine rings is 1. The molecule has 21 heavy (non-hydrogen) atoms. The molecule has 112 valence electrons. The lowest BCUT2D eigenvalue weighted by molar-refractivity contribution is 0.0601. The van der Waals surface area contributed by atoms with E-state index in [1.165, 1.54) is 12.3 Å². The third kappa shape index (κ3) is 3.70. The molecule has 1 aromatic heterocycles. The predicted molar refractivity (Wildman–Crippen MR) is 78.8 cm³/mol. The summed E-state index contributed by atoms with van der Waals surface area (Å²) in [7, 11) is 0. The summed E-state index contributed by atoms with van der Waals surface area (Å²) in [5.74, 6) is -0.121. The number of nitrogens with one attached hydrogen (secondary N) is 1. The monoisotopic (exact) mass is 288 g/mol. The van der Waals surface area contributed by atoms with Crippen LogP contribution in [0.3, 0.4) is 0 Å². The molecule has 6 nitrogen and oxygen atoms in total. The highest BCUT2D eigenvalue weighted by Gasteiger charge is 2.26. The van der Waals surface area contributed by atoms with Crippen molar-refractivity contribution in [2.75, 3.05) is 26.2 Å². The molecule has 2 heterocycles. The van der Waals surface area contributed by atoms with Crippen LogP contribution in [0.1, 0.15) is 30.1 Å². The van der Waals surface area contributed by atoms with Crippen molar-refractivity contribution in [3.05, 3.63) is 34.2 Å². The van der Waals surface area contributed by atoms with Crippen LogP contribution < -0.4 is 5.56 Å². The lowest BCUT2D eigenvalue weighted by atomic mass is 10.1. The van der Waals surface area contributed by atoms with Crippen LogP contribution in [0.4, 0.5) is 0 Å². The van der Waals surface area contributed by atoms with Crippen molar-refractivity contribution in [3.8, 4) is 6.07 Å². The Balaban J connectivity index is 1.96. The second-order valence-corrected chi connectivity index (χ2v) is 5.20. The van der Waals surface area contributed by atoms with E-state index in [0.29, 0.717) is 31.7 Å². The summed E-state index contributed by atoms with van der Waals surface area (Å²) in [4.78, 5) is 29.9. The summed E-state index contributed by atoms with van der Waals surface area (Å²) in [6.45, 7) is 4.65. The Bertz CT molecular complexity index is 582. The van der Waals surface area contributed by atoms with Gasteiger partial charge in [0.2, 0.25) is 5.56 Å². The van der Waals surface area contributed by atoms with Crippen molar-refractivity contribution in [2.24, 2.45) is 0 Å². The third-order valence-electron chi connectivity index (χ3n) is 3.78. The zero-order chi connectivity index (χ0) is 15.2. The number of nitriles is 1. The molecule has 1 amide bonds. The molecule has 0 radical (unpaired) electrons. The molecule has 0 spiro atoms. The number of rotatable bonds is 4. The molecule has 1 unspecified atom stereocenters. The summed E-state index contributed by atoms with van der Waals surface area (Å²) >= 11 is 0. The van der Waals surface area contributed by atoms with E-state index in [0.717, 1.165) is 12.8 Å². The predicted octanol–water partition coefficient (Wildman–Crippen LogP) is 0.825. The first-order chi connectivity index (χ1) is 10.2. The summed E-state index contributed by atoms with van der Waals surface area (Å²) < 4.78 is 0. The number of nitrogens with zero attached hydrogens (tertiary/aromatic N) is 3. The van der Waals surface area contributed by atoms with Crippen molar-refractivity contribution in [2.45, 2.75) is 25.8 Å². The third-order valence-corrected chi connectivity index (χ3v) is 3.78. The summed E-state index contributed by atoms with van der Waals surface area (Å²) in [5.41, 5.74) is 0.143. The van der Waals surface area contributed by atoms with Crippen molar-refractivity contribution < 1.29 is 4.79 Å². The molecule has 1 aliphatic rings. The molecule has 0 aromatic carbocycles. The topological polar surface area (TPSA) is 80.2 Å². The summed E-state index contributed by atoms with van der Waals surface area (Å²) in [5, 5.41) is 9.18. The SMILES string of the molecule is CCCC(C#N)N1CCN(C(=O)c2cc[nH]c(=O)c2)CC1. The average Bonchev–Trinajstić information content (AvgIpc) is 2.52. The molecule has 0 saturated carbocycles. The number of hydrogen-bond acceptors (Lipinski definition) is 4. The number of aromatic amines is 1. The van der Waals surface area contributed by atoms with Crippen molar-refractivity contribution >= 4 is 5.91 Å². The lowest BCUT2D eigenvalue weighted by Crippen LogP contribution is -2.51. The Morgan fingerprint density at radius 1 is 1.43 bits per heavy atom. The quantitative estimate of drug-likeness (QED) is 0.889. The minimum atomic E-state index is -0.271. The van der Waals surface area contributed by atoms with Gasteiger partial charge in [0, 0.05) is 44.0 Å². The smallest absolute Gasteiger partial charge is 0.254 e. The molecule has 0 bridgehead atoms. The Morgan fingerprint density at radius 2 is 2.14 bits per heavy atom. The Morgan fingerprint density at radius 3 is 2.71 bits per heavy atom. The fraction of sp³-hybridized carbons (Fsp3) is 0.533. The molecular formula is C15H20N4O2. The largest absolute Gasteiger partial charge is 0.336 e. The van der Waals surface area contributed by atoms with Gasteiger partial charge in [0.15, 0.2) is 0 Å². The zero-order valence-corrected chi connectivity index (χ0v) is 12.2. The average molecular weight is 288 g/mol. The zero-order valence-electron chi connectivity index (χ0n) is 12.2. The van der Waals surface area contributed by atoms with Gasteiger partial charge in [-0.15, -0.1) is 0 Å². The minimum Gasteiger partial charge on any atom is -0.336 e. The number of carbonyl (C=O) groups excluding carboxylic acids is 1. The molecule has 1 aromatic rings. The number of pyridine rings is 1. The van der Waals surface area contributed by atoms with Gasteiger partial charge in [-0.25, -0.2) is 0 Å². The van der Waals surface area contributed by atoms with Gasteiger partial charge in [-0.3, -0.25) is 14.5 Å². The molecule has 1 fully saturated rings. The summed E-state index contributed by atoms with van der Waals surface area (Å²) in [6.07, 6.45) is 3.32. The first-order valence-electron chi connectivity index (χ1n) is 7.27.